The Labute approximate surface area is 106 Å². The molecule has 18 heavy (non-hydrogen) atoms. The second-order valence-electron chi connectivity index (χ2n) is 4.19. The van der Waals surface area contributed by atoms with Crippen LogP contribution in [0.4, 0.5) is 4.39 Å². The summed E-state index contributed by atoms with van der Waals surface area (Å²) < 4.78 is 20.5. The number of aryl methyl sites for hydroxylation is 1. The van der Waals surface area contributed by atoms with Crippen molar-refractivity contribution in [3.63, 3.8) is 0 Å². The molecule has 0 saturated carbocycles. The quantitative estimate of drug-likeness (QED) is 0.813. The number of aromatic nitrogens is 2. The van der Waals surface area contributed by atoms with Gasteiger partial charge in [-0.15, -0.1) is 0 Å². The smallest absolute Gasteiger partial charge is 0.165 e. The first-order valence-corrected chi connectivity index (χ1v) is 6.07. The lowest BCUT2D eigenvalue weighted by atomic mass is 10.2. The van der Waals surface area contributed by atoms with Gasteiger partial charge in [-0.2, -0.15) is 0 Å². The van der Waals surface area contributed by atoms with E-state index in [1.807, 2.05) is 16.8 Å². The Bertz CT molecular complexity index is 522. The Hall–Kier alpha value is -1.84. The van der Waals surface area contributed by atoms with Gasteiger partial charge in [-0.05, 0) is 24.1 Å². The fourth-order valence-corrected chi connectivity index (χ4v) is 1.94. The minimum Gasteiger partial charge on any atom is -0.494 e. The Morgan fingerprint density at radius 1 is 1.39 bits per heavy atom. The number of ether oxygens (including phenoxy) is 1. The molecule has 2 rings (SSSR count). The summed E-state index contributed by atoms with van der Waals surface area (Å²) in [4.78, 5) is 4.30. The first kappa shape index (κ1) is 12.6. The van der Waals surface area contributed by atoms with Crippen LogP contribution in [0, 0.1) is 5.82 Å². The van der Waals surface area contributed by atoms with Gasteiger partial charge in [-0.25, -0.2) is 9.37 Å². The highest BCUT2D eigenvalue weighted by atomic mass is 19.1. The normalized spacial score (nSPS) is 10.6. The summed E-state index contributed by atoms with van der Waals surface area (Å²) in [6, 6.07) is 5.04. The van der Waals surface area contributed by atoms with Crippen LogP contribution in [0.5, 0.6) is 5.75 Å². The number of rotatable bonds is 5. The molecule has 0 atom stereocenters. The number of nitrogens with zero attached hydrogens (tertiary/aromatic N) is 2. The van der Waals surface area contributed by atoms with Gasteiger partial charge in [-0.3, -0.25) is 0 Å². The van der Waals surface area contributed by atoms with E-state index < -0.39 is 0 Å². The number of halogens is 1. The van der Waals surface area contributed by atoms with E-state index in [9.17, 15) is 4.39 Å². The van der Waals surface area contributed by atoms with Gasteiger partial charge in [0.1, 0.15) is 5.82 Å². The molecule has 0 saturated heterocycles. The molecule has 0 aliphatic heterocycles. The van der Waals surface area contributed by atoms with Gasteiger partial charge < -0.3 is 9.30 Å². The zero-order valence-corrected chi connectivity index (χ0v) is 10.7. The van der Waals surface area contributed by atoms with E-state index in [4.69, 9.17) is 4.74 Å². The van der Waals surface area contributed by atoms with Crippen LogP contribution in [0.2, 0.25) is 0 Å². The van der Waals surface area contributed by atoms with E-state index in [1.54, 1.807) is 12.3 Å². The molecule has 0 spiro atoms. The molecule has 0 aliphatic carbocycles. The number of methoxy groups -OCH3 is 1. The Kier molecular flexibility index (Phi) is 3.97. The van der Waals surface area contributed by atoms with Crippen LogP contribution in [-0.2, 0) is 13.0 Å². The van der Waals surface area contributed by atoms with Gasteiger partial charge in [0.15, 0.2) is 11.6 Å². The molecule has 2 aromatic rings. The molecule has 0 unspecified atom stereocenters. The molecule has 0 radical (unpaired) electrons. The third kappa shape index (κ3) is 2.70. The molecule has 1 aromatic heterocycles. The highest BCUT2D eigenvalue weighted by Crippen LogP contribution is 2.18. The van der Waals surface area contributed by atoms with Crippen molar-refractivity contribution in [2.24, 2.45) is 0 Å². The Morgan fingerprint density at radius 2 is 2.22 bits per heavy atom. The number of hydrogen-bond donors (Lipinski definition) is 0. The van der Waals surface area contributed by atoms with Gasteiger partial charge in [0.2, 0.25) is 0 Å². The van der Waals surface area contributed by atoms with Crippen LogP contribution < -0.4 is 4.74 Å². The highest BCUT2D eigenvalue weighted by Gasteiger charge is 2.06. The predicted molar refractivity (Wildman–Crippen MR) is 68.3 cm³/mol. The zero-order chi connectivity index (χ0) is 13.0. The Balaban J connectivity index is 2.18. The summed E-state index contributed by atoms with van der Waals surface area (Å²) in [6.45, 7) is 2.75. The number of hydrogen-bond acceptors (Lipinski definition) is 2. The van der Waals surface area contributed by atoms with Crippen molar-refractivity contribution in [1.29, 1.82) is 0 Å². The van der Waals surface area contributed by atoms with E-state index in [2.05, 4.69) is 11.9 Å². The minimum absolute atomic E-state index is 0.276. The molecule has 1 aromatic carbocycles. The molecule has 0 bridgehead atoms. The van der Waals surface area contributed by atoms with Crippen molar-refractivity contribution < 1.29 is 9.13 Å². The topological polar surface area (TPSA) is 27.1 Å². The standard InChI is InChI=1S/C14H17FN2O/c1-3-4-14-16-7-8-17(14)10-11-5-6-13(18-2)12(15)9-11/h5-9H,3-4,10H2,1-2H3. The molecule has 96 valence electrons. The van der Waals surface area contributed by atoms with Crippen molar-refractivity contribution in [3.8, 4) is 5.75 Å². The van der Waals surface area contributed by atoms with Gasteiger partial charge in [0.25, 0.3) is 0 Å². The lowest BCUT2D eigenvalue weighted by Gasteiger charge is -2.08. The predicted octanol–water partition coefficient (Wildman–Crippen LogP) is 3.03. The Morgan fingerprint density at radius 3 is 2.89 bits per heavy atom. The summed E-state index contributed by atoms with van der Waals surface area (Å²) in [6.07, 6.45) is 5.69. The van der Waals surface area contributed by atoms with Crippen LogP contribution in [0.25, 0.3) is 0 Å². The summed E-state index contributed by atoms with van der Waals surface area (Å²) in [5, 5.41) is 0. The SMILES string of the molecule is CCCc1nccn1Cc1ccc(OC)c(F)c1. The monoisotopic (exact) mass is 248 g/mol. The molecular formula is C14H17FN2O. The average Bonchev–Trinajstić information content (AvgIpc) is 2.78. The number of imidazole rings is 1. The second kappa shape index (κ2) is 5.67. The lowest BCUT2D eigenvalue weighted by Crippen LogP contribution is -2.04. The molecule has 1 heterocycles. The summed E-state index contributed by atoms with van der Waals surface area (Å²) in [7, 11) is 1.47. The lowest BCUT2D eigenvalue weighted by molar-refractivity contribution is 0.386. The molecule has 4 heteroatoms. The van der Waals surface area contributed by atoms with Crippen LogP contribution >= 0.6 is 0 Å². The van der Waals surface area contributed by atoms with Crippen LogP contribution in [0.1, 0.15) is 24.7 Å². The number of benzene rings is 1. The molecular weight excluding hydrogens is 231 g/mol. The van der Waals surface area contributed by atoms with Crippen molar-refractivity contribution >= 4 is 0 Å². The van der Waals surface area contributed by atoms with E-state index in [0.717, 1.165) is 24.2 Å². The van der Waals surface area contributed by atoms with Crippen molar-refractivity contribution in [1.82, 2.24) is 9.55 Å². The first-order valence-electron chi connectivity index (χ1n) is 6.07. The van der Waals surface area contributed by atoms with Crippen LogP contribution in [0.3, 0.4) is 0 Å². The maximum atomic E-state index is 13.6. The van der Waals surface area contributed by atoms with Gasteiger partial charge >= 0.3 is 0 Å². The molecule has 0 aliphatic rings. The van der Waals surface area contributed by atoms with E-state index in [0.29, 0.717) is 6.54 Å². The van der Waals surface area contributed by atoms with E-state index >= 15 is 0 Å². The van der Waals surface area contributed by atoms with Crippen LogP contribution in [-0.4, -0.2) is 16.7 Å². The van der Waals surface area contributed by atoms with Gasteiger partial charge in [0, 0.05) is 25.4 Å². The summed E-state index contributed by atoms with van der Waals surface area (Å²) in [5.41, 5.74) is 0.906. The third-order valence-electron chi connectivity index (χ3n) is 2.84. The second-order valence-corrected chi connectivity index (χ2v) is 4.19. The molecule has 0 fully saturated rings. The third-order valence-corrected chi connectivity index (χ3v) is 2.84. The largest absolute Gasteiger partial charge is 0.494 e. The van der Waals surface area contributed by atoms with Crippen molar-refractivity contribution in [3.05, 3.63) is 47.8 Å². The van der Waals surface area contributed by atoms with Gasteiger partial charge in [0.05, 0.1) is 7.11 Å². The van der Waals surface area contributed by atoms with E-state index in [1.165, 1.54) is 13.2 Å². The maximum absolute atomic E-state index is 13.6. The summed E-state index contributed by atoms with van der Waals surface area (Å²) in [5.74, 6) is 0.985. The maximum Gasteiger partial charge on any atom is 0.165 e. The van der Waals surface area contributed by atoms with Gasteiger partial charge in [-0.1, -0.05) is 13.0 Å². The molecule has 0 amide bonds. The summed E-state index contributed by atoms with van der Waals surface area (Å²) >= 11 is 0. The fraction of sp³-hybridized carbons (Fsp3) is 0.357. The highest BCUT2D eigenvalue weighted by molar-refractivity contribution is 5.29. The van der Waals surface area contributed by atoms with Crippen molar-refractivity contribution in [2.45, 2.75) is 26.3 Å². The fourth-order valence-electron chi connectivity index (χ4n) is 1.94. The van der Waals surface area contributed by atoms with Crippen LogP contribution in [0.15, 0.2) is 30.6 Å². The molecule has 0 N–H and O–H groups in total. The zero-order valence-electron chi connectivity index (χ0n) is 10.7. The van der Waals surface area contributed by atoms with E-state index in [-0.39, 0.29) is 11.6 Å². The molecule has 3 nitrogen and oxygen atoms in total. The minimum atomic E-state index is -0.327. The van der Waals surface area contributed by atoms with Crippen molar-refractivity contribution in [2.75, 3.05) is 7.11 Å². The average molecular weight is 248 g/mol. The first-order chi connectivity index (χ1) is 8.74.